The van der Waals surface area contributed by atoms with Gasteiger partial charge in [0.2, 0.25) is 0 Å². The minimum absolute atomic E-state index is 0.166. The molecule has 3 aromatic rings. The average molecular weight is 462 g/mol. The van der Waals surface area contributed by atoms with Crippen LogP contribution in [0.25, 0.3) is 5.69 Å². The molecular formula is C27H31N3O4. The number of anilines is 1. The molecule has 1 spiro atoms. The van der Waals surface area contributed by atoms with Crippen molar-refractivity contribution in [3.8, 4) is 11.4 Å². The van der Waals surface area contributed by atoms with E-state index in [1.165, 1.54) is 0 Å². The van der Waals surface area contributed by atoms with Gasteiger partial charge in [-0.2, -0.15) is 5.10 Å². The van der Waals surface area contributed by atoms with Crippen LogP contribution < -0.4 is 9.64 Å². The molecule has 178 valence electrons. The molecule has 0 bridgehead atoms. The Labute approximate surface area is 200 Å². The molecule has 0 atom stereocenters. The fraction of sp³-hybridized carbons (Fsp3) is 0.370. The normalized spacial score (nSPS) is 15.3. The molecule has 0 saturated heterocycles. The molecule has 2 aromatic carbocycles. The lowest BCUT2D eigenvalue weighted by Crippen LogP contribution is -2.44. The van der Waals surface area contributed by atoms with Crippen LogP contribution in [0.5, 0.6) is 5.75 Å². The molecule has 1 aliphatic carbocycles. The summed E-state index contributed by atoms with van der Waals surface area (Å²) >= 11 is 0. The SMILES string of the molecule is CC.CCOC(=O)c1nn(-c2ccc(OC)cc2)c2c1C1(CC1)CN(c1ccc(C)cc1)C2=O. The van der Waals surface area contributed by atoms with Crippen molar-refractivity contribution in [1.29, 1.82) is 0 Å². The summed E-state index contributed by atoms with van der Waals surface area (Å²) in [5.74, 6) is 0.0470. The summed E-state index contributed by atoms with van der Waals surface area (Å²) in [6, 6.07) is 15.2. The number of esters is 1. The van der Waals surface area contributed by atoms with E-state index >= 15 is 0 Å². The zero-order chi connectivity index (χ0) is 24.5. The van der Waals surface area contributed by atoms with Gasteiger partial charge in [0, 0.05) is 23.2 Å². The average Bonchev–Trinajstić information content (AvgIpc) is 3.51. The number of hydrogen-bond donors (Lipinski definition) is 0. The maximum absolute atomic E-state index is 13.8. The number of aromatic nitrogens is 2. The van der Waals surface area contributed by atoms with Gasteiger partial charge in [-0.25, -0.2) is 9.48 Å². The number of fused-ring (bicyclic) bond motifs is 2. The van der Waals surface area contributed by atoms with Gasteiger partial charge < -0.3 is 14.4 Å². The molecule has 0 unspecified atom stereocenters. The molecule has 0 radical (unpaired) electrons. The van der Waals surface area contributed by atoms with E-state index in [-0.39, 0.29) is 23.6 Å². The van der Waals surface area contributed by atoms with Crippen LogP contribution in [0.2, 0.25) is 0 Å². The highest BCUT2D eigenvalue weighted by molar-refractivity contribution is 6.10. The fourth-order valence-corrected chi connectivity index (χ4v) is 4.44. The van der Waals surface area contributed by atoms with Gasteiger partial charge in [0.1, 0.15) is 11.4 Å². The number of rotatable bonds is 5. The van der Waals surface area contributed by atoms with Crippen molar-refractivity contribution < 1.29 is 19.1 Å². The first kappa shape index (κ1) is 23.5. The number of methoxy groups -OCH3 is 1. The maximum atomic E-state index is 13.8. The van der Waals surface area contributed by atoms with Crippen LogP contribution in [-0.2, 0) is 10.2 Å². The van der Waals surface area contributed by atoms with Crippen molar-refractivity contribution in [2.75, 3.05) is 25.2 Å². The van der Waals surface area contributed by atoms with Crippen molar-refractivity contribution in [1.82, 2.24) is 9.78 Å². The molecule has 1 aromatic heterocycles. The van der Waals surface area contributed by atoms with Crippen molar-refractivity contribution in [2.24, 2.45) is 0 Å². The molecule has 1 fully saturated rings. The summed E-state index contributed by atoms with van der Waals surface area (Å²) in [5.41, 5.74) is 3.79. The molecule has 1 aliphatic heterocycles. The largest absolute Gasteiger partial charge is 0.497 e. The smallest absolute Gasteiger partial charge is 0.359 e. The molecule has 2 heterocycles. The van der Waals surface area contributed by atoms with Crippen LogP contribution in [0.15, 0.2) is 48.5 Å². The third-order valence-corrected chi connectivity index (χ3v) is 6.31. The Hall–Kier alpha value is -3.61. The minimum atomic E-state index is -0.487. The Morgan fingerprint density at radius 1 is 1.03 bits per heavy atom. The van der Waals surface area contributed by atoms with Crippen molar-refractivity contribution in [2.45, 2.75) is 46.0 Å². The summed E-state index contributed by atoms with van der Waals surface area (Å²) in [4.78, 5) is 28.5. The topological polar surface area (TPSA) is 73.7 Å². The van der Waals surface area contributed by atoms with Gasteiger partial charge in [0.25, 0.3) is 5.91 Å². The molecule has 1 amide bonds. The number of amides is 1. The zero-order valence-corrected chi connectivity index (χ0v) is 20.4. The van der Waals surface area contributed by atoms with Crippen LogP contribution in [0.1, 0.15) is 65.7 Å². The Balaban J connectivity index is 0.00000133. The number of ether oxygens (including phenoxy) is 2. The van der Waals surface area contributed by atoms with Crippen LogP contribution in [0, 0.1) is 6.92 Å². The Kier molecular flexibility index (Phi) is 6.46. The first-order valence-electron chi connectivity index (χ1n) is 11.8. The predicted molar refractivity (Wildman–Crippen MR) is 131 cm³/mol. The van der Waals surface area contributed by atoms with Crippen LogP contribution in [0.4, 0.5) is 5.69 Å². The predicted octanol–water partition coefficient (Wildman–Crippen LogP) is 5.08. The van der Waals surface area contributed by atoms with E-state index in [0.29, 0.717) is 23.7 Å². The summed E-state index contributed by atoms with van der Waals surface area (Å²) in [7, 11) is 1.60. The number of carbonyl (C=O) groups is 2. The van der Waals surface area contributed by atoms with Crippen molar-refractivity contribution in [3.63, 3.8) is 0 Å². The Morgan fingerprint density at radius 3 is 2.21 bits per heavy atom. The van der Waals surface area contributed by atoms with E-state index in [1.807, 2.05) is 74.2 Å². The molecule has 34 heavy (non-hydrogen) atoms. The minimum Gasteiger partial charge on any atom is -0.497 e. The highest BCUT2D eigenvalue weighted by Crippen LogP contribution is 2.54. The van der Waals surface area contributed by atoms with Gasteiger partial charge in [-0.3, -0.25) is 4.79 Å². The van der Waals surface area contributed by atoms with E-state index in [1.54, 1.807) is 18.7 Å². The summed E-state index contributed by atoms with van der Waals surface area (Å²) in [6.07, 6.45) is 1.80. The zero-order valence-electron chi connectivity index (χ0n) is 20.4. The molecule has 1 saturated carbocycles. The first-order valence-corrected chi connectivity index (χ1v) is 11.8. The van der Waals surface area contributed by atoms with Gasteiger partial charge in [-0.1, -0.05) is 31.5 Å². The third-order valence-electron chi connectivity index (χ3n) is 6.31. The summed E-state index contributed by atoms with van der Waals surface area (Å²) in [6.45, 7) is 8.57. The Morgan fingerprint density at radius 2 is 1.65 bits per heavy atom. The van der Waals surface area contributed by atoms with Gasteiger partial charge in [-0.05, 0) is 63.1 Å². The lowest BCUT2D eigenvalue weighted by molar-refractivity contribution is 0.0516. The second-order valence-electron chi connectivity index (χ2n) is 8.41. The Bertz CT molecular complexity index is 1190. The molecule has 7 nitrogen and oxygen atoms in total. The number of carbonyl (C=O) groups excluding carboxylic acids is 2. The highest BCUT2D eigenvalue weighted by atomic mass is 16.5. The molecule has 0 N–H and O–H groups in total. The quantitative estimate of drug-likeness (QED) is 0.495. The first-order chi connectivity index (χ1) is 16.5. The lowest BCUT2D eigenvalue weighted by atomic mass is 9.88. The number of benzene rings is 2. The molecule has 5 rings (SSSR count). The van der Waals surface area contributed by atoms with E-state index < -0.39 is 5.97 Å². The maximum Gasteiger partial charge on any atom is 0.359 e. The summed E-state index contributed by atoms with van der Waals surface area (Å²) in [5, 5.41) is 4.62. The second-order valence-corrected chi connectivity index (χ2v) is 8.41. The lowest BCUT2D eigenvalue weighted by Gasteiger charge is -2.33. The molecule has 7 heteroatoms. The van der Waals surface area contributed by atoms with Crippen LogP contribution in [0.3, 0.4) is 0 Å². The van der Waals surface area contributed by atoms with Gasteiger partial charge in [0.05, 0.1) is 19.4 Å². The second kappa shape index (κ2) is 9.33. The third kappa shape index (κ3) is 3.95. The van der Waals surface area contributed by atoms with Gasteiger partial charge in [-0.15, -0.1) is 0 Å². The van der Waals surface area contributed by atoms with Gasteiger partial charge in [0.15, 0.2) is 5.69 Å². The highest BCUT2D eigenvalue weighted by Gasteiger charge is 2.56. The van der Waals surface area contributed by atoms with Crippen LogP contribution in [-0.4, -0.2) is 41.9 Å². The van der Waals surface area contributed by atoms with E-state index in [9.17, 15) is 9.59 Å². The number of nitrogens with zero attached hydrogens (tertiary/aromatic N) is 3. The van der Waals surface area contributed by atoms with E-state index in [0.717, 1.165) is 29.7 Å². The van der Waals surface area contributed by atoms with E-state index in [2.05, 4.69) is 5.10 Å². The fourth-order valence-electron chi connectivity index (χ4n) is 4.44. The molecular weight excluding hydrogens is 430 g/mol. The monoisotopic (exact) mass is 461 g/mol. The standard InChI is InChI=1S/C25H25N3O4.C2H6/c1-4-32-24(30)21-20-22(28(26-21)18-9-11-19(31-3)12-10-18)23(29)27(15-25(20)13-14-25)17-7-5-16(2)6-8-17;1-2/h5-12H,4,13-15H2,1-3H3;1-2H3. The molecule has 2 aliphatic rings. The van der Waals surface area contributed by atoms with Crippen molar-refractivity contribution in [3.05, 3.63) is 71.0 Å². The van der Waals surface area contributed by atoms with Crippen LogP contribution >= 0.6 is 0 Å². The number of aryl methyl sites for hydroxylation is 1. The van der Waals surface area contributed by atoms with Gasteiger partial charge >= 0.3 is 5.97 Å². The van der Waals surface area contributed by atoms with Crippen molar-refractivity contribution >= 4 is 17.6 Å². The summed E-state index contributed by atoms with van der Waals surface area (Å²) < 4.78 is 12.2. The number of hydrogen-bond acceptors (Lipinski definition) is 5. The van der Waals surface area contributed by atoms with E-state index in [4.69, 9.17) is 9.47 Å².